The summed E-state index contributed by atoms with van der Waals surface area (Å²) in [5.74, 6) is 1.44. The van der Waals surface area contributed by atoms with Crippen molar-refractivity contribution in [3.8, 4) is 22.6 Å². The highest BCUT2D eigenvalue weighted by atomic mass is 16.5. The van der Waals surface area contributed by atoms with Crippen LogP contribution in [0, 0.1) is 13.8 Å². The lowest BCUT2D eigenvalue weighted by Crippen LogP contribution is -2.35. The molecule has 4 aromatic rings. The zero-order valence-corrected chi connectivity index (χ0v) is 23.1. The summed E-state index contributed by atoms with van der Waals surface area (Å²) in [6.45, 7) is 5.97. The number of rotatable bonds is 8. The number of piperidine rings is 1. The van der Waals surface area contributed by atoms with Gasteiger partial charge in [0.15, 0.2) is 0 Å². The van der Waals surface area contributed by atoms with E-state index in [0.29, 0.717) is 11.1 Å². The number of ether oxygens (including phenoxy) is 2. The molecule has 3 aromatic carbocycles. The number of carbonyl (C=O) groups excluding carboxylic acids is 1. The fourth-order valence-electron chi connectivity index (χ4n) is 5.29. The standard InChI is InChI=1S/C33H35NO5/c1-21-6-5-7-24(16-21)29-18-23(8-10-31(29)37-4)17-27(35)20-26-19-25-9-11-30(22(2)32(25)39-33(26)36)38-28-12-14-34(3)15-13-28/h5-11,16,18-19,28H,12-15,17,20H2,1-4H3. The lowest BCUT2D eigenvalue weighted by molar-refractivity contribution is -0.117. The van der Waals surface area contributed by atoms with Crippen molar-refractivity contribution in [1.82, 2.24) is 4.90 Å². The van der Waals surface area contributed by atoms with Gasteiger partial charge in [0.1, 0.15) is 29.0 Å². The van der Waals surface area contributed by atoms with Crippen LogP contribution in [0.4, 0.5) is 0 Å². The highest BCUT2D eigenvalue weighted by Crippen LogP contribution is 2.32. The van der Waals surface area contributed by atoms with Gasteiger partial charge in [-0.15, -0.1) is 0 Å². The number of Topliss-reactive ketones (excluding diaryl/α,β-unsaturated/α-hetero) is 1. The predicted octanol–water partition coefficient (Wildman–Crippen LogP) is 5.91. The first kappa shape index (κ1) is 26.7. The number of methoxy groups -OCH3 is 1. The van der Waals surface area contributed by atoms with Crippen LogP contribution in [0.1, 0.15) is 35.1 Å². The largest absolute Gasteiger partial charge is 0.496 e. The summed E-state index contributed by atoms with van der Waals surface area (Å²) in [7, 11) is 3.76. The zero-order valence-electron chi connectivity index (χ0n) is 23.1. The molecule has 5 rings (SSSR count). The average Bonchev–Trinajstić information content (AvgIpc) is 2.92. The van der Waals surface area contributed by atoms with Gasteiger partial charge >= 0.3 is 5.63 Å². The van der Waals surface area contributed by atoms with Gasteiger partial charge in [-0.05, 0) is 75.2 Å². The van der Waals surface area contributed by atoms with E-state index in [2.05, 4.69) is 18.0 Å². The van der Waals surface area contributed by atoms with E-state index in [0.717, 1.165) is 70.6 Å². The van der Waals surface area contributed by atoms with E-state index in [1.54, 1.807) is 13.2 Å². The number of hydrogen-bond donors (Lipinski definition) is 0. The molecule has 1 aliphatic heterocycles. The van der Waals surface area contributed by atoms with E-state index < -0.39 is 5.63 Å². The Hall–Kier alpha value is -3.90. The summed E-state index contributed by atoms with van der Waals surface area (Å²) < 4.78 is 17.6. The summed E-state index contributed by atoms with van der Waals surface area (Å²) in [5, 5.41) is 0.789. The second-order valence-corrected chi connectivity index (χ2v) is 10.6. The summed E-state index contributed by atoms with van der Waals surface area (Å²) in [6, 6.07) is 19.6. The van der Waals surface area contributed by atoms with E-state index in [1.807, 2.05) is 62.4 Å². The fraction of sp³-hybridized carbons (Fsp3) is 0.333. The number of fused-ring (bicyclic) bond motifs is 1. The quantitative estimate of drug-likeness (QED) is 0.266. The summed E-state index contributed by atoms with van der Waals surface area (Å²) in [6.07, 6.45) is 2.32. The van der Waals surface area contributed by atoms with Crippen molar-refractivity contribution in [2.75, 3.05) is 27.2 Å². The Morgan fingerprint density at radius 1 is 0.974 bits per heavy atom. The minimum Gasteiger partial charge on any atom is -0.496 e. The normalized spacial score (nSPS) is 14.5. The molecule has 6 nitrogen and oxygen atoms in total. The molecular formula is C33H35NO5. The van der Waals surface area contributed by atoms with Crippen LogP contribution >= 0.6 is 0 Å². The Kier molecular flexibility index (Phi) is 7.84. The van der Waals surface area contributed by atoms with Crippen molar-refractivity contribution in [2.24, 2.45) is 0 Å². The van der Waals surface area contributed by atoms with Gasteiger partial charge in [0.25, 0.3) is 0 Å². The second kappa shape index (κ2) is 11.5. The topological polar surface area (TPSA) is 69.0 Å². The number of ketones is 1. The summed E-state index contributed by atoms with van der Waals surface area (Å²) in [4.78, 5) is 28.2. The highest BCUT2D eigenvalue weighted by Gasteiger charge is 2.20. The molecule has 0 aliphatic carbocycles. The second-order valence-electron chi connectivity index (χ2n) is 10.6. The van der Waals surface area contributed by atoms with Gasteiger partial charge in [-0.25, -0.2) is 4.79 Å². The van der Waals surface area contributed by atoms with Crippen molar-refractivity contribution in [2.45, 2.75) is 45.6 Å². The van der Waals surface area contributed by atoms with Crippen molar-refractivity contribution in [3.63, 3.8) is 0 Å². The monoisotopic (exact) mass is 525 g/mol. The molecule has 202 valence electrons. The van der Waals surface area contributed by atoms with Crippen LogP contribution in [0.2, 0.25) is 0 Å². The third-order valence-corrected chi connectivity index (χ3v) is 7.51. The molecule has 2 heterocycles. The van der Waals surface area contributed by atoms with Crippen molar-refractivity contribution in [1.29, 1.82) is 0 Å². The summed E-state index contributed by atoms with van der Waals surface area (Å²) >= 11 is 0. The molecule has 0 amide bonds. The number of benzene rings is 3. The first-order chi connectivity index (χ1) is 18.8. The Bertz CT molecular complexity index is 1560. The van der Waals surface area contributed by atoms with Crippen LogP contribution in [0.25, 0.3) is 22.1 Å². The molecule has 0 radical (unpaired) electrons. The third-order valence-electron chi connectivity index (χ3n) is 7.51. The smallest absolute Gasteiger partial charge is 0.339 e. The number of likely N-dealkylation sites (tertiary alicyclic amines) is 1. The van der Waals surface area contributed by atoms with E-state index >= 15 is 0 Å². The minimum atomic E-state index is -0.481. The molecule has 0 N–H and O–H groups in total. The number of hydrogen-bond acceptors (Lipinski definition) is 6. The van der Waals surface area contributed by atoms with Crippen molar-refractivity contribution >= 4 is 16.8 Å². The molecule has 39 heavy (non-hydrogen) atoms. The summed E-state index contributed by atoms with van der Waals surface area (Å²) in [5.41, 5.74) is 5.19. The Labute approximate surface area is 229 Å². The average molecular weight is 526 g/mol. The lowest BCUT2D eigenvalue weighted by atomic mass is 9.97. The molecule has 0 unspecified atom stereocenters. The van der Waals surface area contributed by atoms with E-state index in [1.165, 1.54) is 0 Å². The maximum Gasteiger partial charge on any atom is 0.339 e. The number of carbonyl (C=O) groups is 1. The molecule has 0 spiro atoms. The van der Waals surface area contributed by atoms with Gasteiger partial charge < -0.3 is 18.8 Å². The first-order valence-corrected chi connectivity index (χ1v) is 13.5. The maximum absolute atomic E-state index is 13.1. The molecule has 0 bridgehead atoms. The SMILES string of the molecule is COc1ccc(CC(=O)Cc2cc3ccc(OC4CCN(C)CC4)c(C)c3oc2=O)cc1-c1cccc(C)c1. The Morgan fingerprint density at radius 3 is 2.49 bits per heavy atom. The van der Waals surface area contributed by atoms with Crippen LogP contribution in [-0.2, 0) is 17.6 Å². The van der Waals surface area contributed by atoms with Crippen molar-refractivity contribution < 1.29 is 18.7 Å². The predicted molar refractivity (Wildman–Crippen MR) is 154 cm³/mol. The van der Waals surface area contributed by atoms with Crippen LogP contribution < -0.4 is 15.1 Å². The zero-order chi connectivity index (χ0) is 27.5. The molecule has 0 atom stereocenters. The van der Waals surface area contributed by atoms with Gasteiger partial charge in [0.05, 0.1) is 7.11 Å². The Balaban J connectivity index is 1.33. The highest BCUT2D eigenvalue weighted by molar-refractivity contribution is 5.86. The molecule has 1 fully saturated rings. The van der Waals surface area contributed by atoms with Gasteiger partial charge in [-0.2, -0.15) is 0 Å². The molecular weight excluding hydrogens is 490 g/mol. The van der Waals surface area contributed by atoms with Gasteiger partial charge in [0, 0.05) is 48.0 Å². The van der Waals surface area contributed by atoms with Gasteiger partial charge in [-0.3, -0.25) is 4.79 Å². The fourth-order valence-corrected chi connectivity index (χ4v) is 5.29. The molecule has 0 saturated carbocycles. The van der Waals surface area contributed by atoms with Crippen LogP contribution in [0.3, 0.4) is 0 Å². The van der Waals surface area contributed by atoms with Crippen LogP contribution in [0.5, 0.6) is 11.5 Å². The first-order valence-electron chi connectivity index (χ1n) is 13.5. The lowest BCUT2D eigenvalue weighted by Gasteiger charge is -2.29. The number of nitrogens with zero attached hydrogens (tertiary/aromatic N) is 1. The molecule has 1 aromatic heterocycles. The third kappa shape index (κ3) is 6.07. The van der Waals surface area contributed by atoms with E-state index in [9.17, 15) is 9.59 Å². The maximum atomic E-state index is 13.1. The molecule has 1 aliphatic rings. The van der Waals surface area contributed by atoms with Gasteiger partial charge in [-0.1, -0.05) is 35.9 Å². The molecule has 6 heteroatoms. The molecule has 1 saturated heterocycles. The Morgan fingerprint density at radius 2 is 1.74 bits per heavy atom. The van der Waals surface area contributed by atoms with E-state index in [-0.39, 0.29) is 24.7 Å². The van der Waals surface area contributed by atoms with E-state index in [4.69, 9.17) is 13.9 Å². The van der Waals surface area contributed by atoms with Crippen LogP contribution in [-0.4, -0.2) is 44.0 Å². The van der Waals surface area contributed by atoms with Crippen molar-refractivity contribution in [3.05, 3.63) is 93.3 Å². The minimum absolute atomic E-state index is 0.0109. The van der Waals surface area contributed by atoms with Gasteiger partial charge in [0.2, 0.25) is 0 Å². The van der Waals surface area contributed by atoms with Crippen LogP contribution in [0.15, 0.2) is 69.9 Å². The number of aryl methyl sites for hydroxylation is 2.